The summed E-state index contributed by atoms with van der Waals surface area (Å²) >= 11 is 0. The maximum Gasteiger partial charge on any atom is 0.231 e. The molecule has 0 saturated carbocycles. The van der Waals surface area contributed by atoms with Crippen LogP contribution in [0.3, 0.4) is 0 Å². The number of aliphatic hydroxyl groups excluding tert-OH is 1. The Morgan fingerprint density at radius 1 is 1.03 bits per heavy atom. The molecule has 4 aromatic rings. The van der Waals surface area contributed by atoms with Crippen molar-refractivity contribution < 1.29 is 14.2 Å². The van der Waals surface area contributed by atoms with Crippen molar-refractivity contribution >= 4 is 11.6 Å². The SMILES string of the molecule is COc1cc(C#Cc2ccccc2CO)ccc1-c1nnc(N(C)c2ccc(F)cc2)n1C. The third-order valence-electron chi connectivity index (χ3n) is 5.34. The maximum absolute atomic E-state index is 13.3. The summed E-state index contributed by atoms with van der Waals surface area (Å²) < 4.78 is 20.7. The van der Waals surface area contributed by atoms with Crippen molar-refractivity contribution in [3.05, 3.63) is 89.2 Å². The van der Waals surface area contributed by atoms with E-state index in [0.717, 1.165) is 27.9 Å². The average Bonchev–Trinajstić information content (AvgIpc) is 3.23. The highest BCUT2D eigenvalue weighted by Gasteiger charge is 2.18. The zero-order valence-corrected chi connectivity index (χ0v) is 18.6. The lowest BCUT2D eigenvalue weighted by molar-refractivity contribution is 0.281. The minimum atomic E-state index is -0.293. The summed E-state index contributed by atoms with van der Waals surface area (Å²) in [7, 11) is 5.31. The lowest BCUT2D eigenvalue weighted by Crippen LogP contribution is -2.14. The molecule has 0 saturated heterocycles. The lowest BCUT2D eigenvalue weighted by Gasteiger charge is -2.18. The van der Waals surface area contributed by atoms with Gasteiger partial charge in [-0.2, -0.15) is 0 Å². The number of anilines is 2. The van der Waals surface area contributed by atoms with Crippen LogP contribution in [0.4, 0.5) is 16.0 Å². The first-order valence-electron chi connectivity index (χ1n) is 10.3. The molecule has 0 bridgehead atoms. The number of hydrogen-bond donors (Lipinski definition) is 1. The van der Waals surface area contributed by atoms with Crippen LogP contribution in [-0.4, -0.2) is 34.0 Å². The Kier molecular flexibility index (Phi) is 6.38. The van der Waals surface area contributed by atoms with Crippen molar-refractivity contribution in [3.8, 4) is 29.0 Å². The van der Waals surface area contributed by atoms with Crippen LogP contribution < -0.4 is 9.64 Å². The van der Waals surface area contributed by atoms with E-state index in [1.807, 2.05) is 66.0 Å². The summed E-state index contributed by atoms with van der Waals surface area (Å²) in [5.41, 5.74) is 3.90. The van der Waals surface area contributed by atoms with E-state index >= 15 is 0 Å². The Morgan fingerprint density at radius 2 is 1.79 bits per heavy atom. The number of ether oxygens (including phenoxy) is 1. The van der Waals surface area contributed by atoms with E-state index in [2.05, 4.69) is 22.0 Å². The van der Waals surface area contributed by atoms with Crippen molar-refractivity contribution in [2.24, 2.45) is 7.05 Å². The summed E-state index contributed by atoms with van der Waals surface area (Å²) in [4.78, 5) is 1.83. The molecule has 166 valence electrons. The quantitative estimate of drug-likeness (QED) is 0.467. The normalized spacial score (nSPS) is 10.5. The van der Waals surface area contributed by atoms with Crippen LogP contribution in [0.5, 0.6) is 5.75 Å². The molecule has 0 unspecified atom stereocenters. The minimum absolute atomic E-state index is 0.0615. The molecule has 33 heavy (non-hydrogen) atoms. The van der Waals surface area contributed by atoms with E-state index < -0.39 is 0 Å². The van der Waals surface area contributed by atoms with E-state index in [1.54, 1.807) is 19.2 Å². The van der Waals surface area contributed by atoms with E-state index in [-0.39, 0.29) is 12.4 Å². The molecule has 0 aliphatic carbocycles. The zero-order valence-electron chi connectivity index (χ0n) is 18.6. The van der Waals surface area contributed by atoms with Gasteiger partial charge in [0, 0.05) is 30.9 Å². The number of benzene rings is 3. The standard InChI is InChI=1S/C26H23FN4O2/c1-30(22-13-11-21(27)12-14-22)26-29-28-25(31(26)2)23-15-9-18(16-24(23)33-3)8-10-19-6-4-5-7-20(19)17-32/h4-7,9,11-16,32H,17H2,1-3H3. The highest BCUT2D eigenvalue weighted by molar-refractivity contribution is 5.69. The molecule has 0 aliphatic heterocycles. The van der Waals surface area contributed by atoms with Gasteiger partial charge in [0.15, 0.2) is 5.82 Å². The van der Waals surface area contributed by atoms with Crippen LogP contribution in [0.2, 0.25) is 0 Å². The van der Waals surface area contributed by atoms with Crippen LogP contribution in [0, 0.1) is 17.7 Å². The second-order valence-electron chi connectivity index (χ2n) is 7.40. The van der Waals surface area contributed by atoms with Crippen LogP contribution in [0.15, 0.2) is 66.7 Å². The molecular formula is C26H23FN4O2. The Balaban J connectivity index is 1.65. The Hall–Kier alpha value is -4.15. The fourth-order valence-corrected chi connectivity index (χ4v) is 3.50. The van der Waals surface area contributed by atoms with Crippen molar-refractivity contribution in [1.82, 2.24) is 14.8 Å². The molecule has 0 fully saturated rings. The van der Waals surface area contributed by atoms with Crippen molar-refractivity contribution in [2.75, 3.05) is 19.1 Å². The van der Waals surface area contributed by atoms with Crippen LogP contribution >= 0.6 is 0 Å². The molecule has 1 aromatic heterocycles. The number of nitrogens with zero attached hydrogens (tertiary/aromatic N) is 4. The number of aliphatic hydroxyl groups is 1. The number of rotatable bonds is 5. The van der Waals surface area contributed by atoms with Gasteiger partial charge in [0.05, 0.1) is 19.3 Å². The first-order valence-corrected chi connectivity index (χ1v) is 10.3. The summed E-state index contributed by atoms with van der Waals surface area (Å²) in [5, 5.41) is 18.2. The Morgan fingerprint density at radius 3 is 2.52 bits per heavy atom. The largest absolute Gasteiger partial charge is 0.496 e. The van der Waals surface area contributed by atoms with Gasteiger partial charge in [-0.15, -0.1) is 10.2 Å². The van der Waals surface area contributed by atoms with Gasteiger partial charge in [-0.05, 0) is 54.1 Å². The molecule has 0 aliphatic rings. The predicted molar refractivity (Wildman–Crippen MR) is 126 cm³/mol. The third-order valence-corrected chi connectivity index (χ3v) is 5.34. The molecule has 0 atom stereocenters. The highest BCUT2D eigenvalue weighted by Crippen LogP contribution is 2.32. The molecule has 0 spiro atoms. The molecule has 6 nitrogen and oxygen atoms in total. The van der Waals surface area contributed by atoms with Crippen LogP contribution in [-0.2, 0) is 13.7 Å². The molecule has 0 radical (unpaired) electrons. The van der Waals surface area contributed by atoms with Crippen molar-refractivity contribution in [3.63, 3.8) is 0 Å². The first-order chi connectivity index (χ1) is 16.0. The Labute approximate surface area is 191 Å². The van der Waals surface area contributed by atoms with E-state index in [1.165, 1.54) is 12.1 Å². The fourth-order valence-electron chi connectivity index (χ4n) is 3.50. The molecule has 3 aromatic carbocycles. The molecule has 1 heterocycles. The summed E-state index contributed by atoms with van der Waals surface area (Å²) in [6, 6.07) is 19.3. The van der Waals surface area contributed by atoms with E-state index in [4.69, 9.17) is 4.74 Å². The minimum Gasteiger partial charge on any atom is -0.496 e. The lowest BCUT2D eigenvalue weighted by atomic mass is 10.1. The second kappa shape index (κ2) is 9.55. The molecule has 7 heteroatoms. The molecule has 4 rings (SSSR count). The summed E-state index contributed by atoms with van der Waals surface area (Å²) in [5.74, 6) is 7.79. The summed E-state index contributed by atoms with van der Waals surface area (Å²) in [6.45, 7) is -0.0615. The fraction of sp³-hybridized carbons (Fsp3) is 0.154. The van der Waals surface area contributed by atoms with Gasteiger partial charge in [0.1, 0.15) is 11.6 Å². The van der Waals surface area contributed by atoms with Gasteiger partial charge < -0.3 is 14.7 Å². The monoisotopic (exact) mass is 442 g/mol. The predicted octanol–water partition coefficient (Wildman–Crippen LogP) is 4.29. The van der Waals surface area contributed by atoms with Gasteiger partial charge in [-0.3, -0.25) is 4.57 Å². The zero-order chi connectivity index (χ0) is 23.4. The van der Waals surface area contributed by atoms with Crippen LogP contribution in [0.1, 0.15) is 16.7 Å². The first kappa shape index (κ1) is 22.1. The topological polar surface area (TPSA) is 63.4 Å². The number of aromatic nitrogens is 3. The average molecular weight is 442 g/mol. The van der Waals surface area contributed by atoms with Gasteiger partial charge >= 0.3 is 0 Å². The van der Waals surface area contributed by atoms with Gasteiger partial charge in [-0.1, -0.05) is 30.0 Å². The second-order valence-corrected chi connectivity index (χ2v) is 7.40. The molecule has 1 N–H and O–H groups in total. The van der Waals surface area contributed by atoms with E-state index in [9.17, 15) is 9.50 Å². The van der Waals surface area contributed by atoms with Gasteiger partial charge in [0.2, 0.25) is 5.95 Å². The molecular weight excluding hydrogens is 419 g/mol. The van der Waals surface area contributed by atoms with Crippen molar-refractivity contribution in [2.45, 2.75) is 6.61 Å². The van der Waals surface area contributed by atoms with Crippen LogP contribution in [0.25, 0.3) is 11.4 Å². The maximum atomic E-state index is 13.3. The highest BCUT2D eigenvalue weighted by atomic mass is 19.1. The number of halogens is 1. The Bertz CT molecular complexity index is 1340. The van der Waals surface area contributed by atoms with E-state index in [0.29, 0.717) is 17.5 Å². The molecule has 0 amide bonds. The summed E-state index contributed by atoms with van der Waals surface area (Å²) in [6.07, 6.45) is 0. The van der Waals surface area contributed by atoms with Gasteiger partial charge in [-0.25, -0.2) is 4.39 Å². The smallest absolute Gasteiger partial charge is 0.231 e. The number of methoxy groups -OCH3 is 1. The third kappa shape index (κ3) is 4.56. The van der Waals surface area contributed by atoms with Gasteiger partial charge in [0.25, 0.3) is 0 Å². The van der Waals surface area contributed by atoms with Crippen molar-refractivity contribution in [1.29, 1.82) is 0 Å². The number of hydrogen-bond acceptors (Lipinski definition) is 5.